The lowest BCUT2D eigenvalue weighted by Gasteiger charge is -2.32. The first-order valence-corrected chi connectivity index (χ1v) is 8.57. The summed E-state index contributed by atoms with van der Waals surface area (Å²) in [7, 11) is 0. The van der Waals surface area contributed by atoms with Gasteiger partial charge in [0.15, 0.2) is 0 Å². The number of nitriles is 1. The zero-order chi connectivity index (χ0) is 17.6. The van der Waals surface area contributed by atoms with Crippen LogP contribution in [0.5, 0.6) is 0 Å². The van der Waals surface area contributed by atoms with Gasteiger partial charge in [-0.2, -0.15) is 5.26 Å². The molecule has 0 atom stereocenters. The van der Waals surface area contributed by atoms with E-state index < -0.39 is 0 Å². The average Bonchev–Trinajstić information content (AvgIpc) is 2.63. The standard InChI is InChI=1S/C20H22N4O/c1-15-9-11-24(12-10-15)19-7-5-17(6-8-19)22-20(25)23-18-4-2-3-16(13-18)14-21/h2-8,13,15H,9-12H2,1H3,(H2,22,23,25). The monoisotopic (exact) mass is 334 g/mol. The number of hydrogen-bond donors (Lipinski definition) is 2. The summed E-state index contributed by atoms with van der Waals surface area (Å²) < 4.78 is 0. The SMILES string of the molecule is CC1CCN(c2ccc(NC(=O)Nc3cccc(C#N)c3)cc2)CC1. The lowest BCUT2D eigenvalue weighted by atomic mass is 9.99. The molecule has 2 aromatic carbocycles. The Morgan fingerprint density at radius 3 is 2.44 bits per heavy atom. The maximum Gasteiger partial charge on any atom is 0.323 e. The quantitative estimate of drug-likeness (QED) is 0.872. The molecule has 0 spiro atoms. The molecule has 0 aliphatic carbocycles. The number of rotatable bonds is 3. The minimum Gasteiger partial charge on any atom is -0.372 e. The van der Waals surface area contributed by atoms with Crippen LogP contribution in [0.4, 0.5) is 21.9 Å². The number of amides is 2. The molecule has 128 valence electrons. The summed E-state index contributed by atoms with van der Waals surface area (Å²) in [4.78, 5) is 14.5. The van der Waals surface area contributed by atoms with Gasteiger partial charge in [-0.05, 0) is 61.2 Å². The average molecular weight is 334 g/mol. The molecule has 1 saturated heterocycles. The van der Waals surface area contributed by atoms with Crippen LogP contribution in [-0.2, 0) is 0 Å². The molecule has 0 aromatic heterocycles. The van der Waals surface area contributed by atoms with Crippen LogP contribution >= 0.6 is 0 Å². The van der Waals surface area contributed by atoms with Crippen LogP contribution in [0, 0.1) is 17.2 Å². The largest absolute Gasteiger partial charge is 0.372 e. The van der Waals surface area contributed by atoms with E-state index in [1.54, 1.807) is 24.3 Å². The third-order valence-electron chi connectivity index (χ3n) is 4.52. The van der Waals surface area contributed by atoms with Crippen molar-refractivity contribution in [2.75, 3.05) is 28.6 Å². The van der Waals surface area contributed by atoms with Crippen molar-refractivity contribution >= 4 is 23.1 Å². The van der Waals surface area contributed by atoms with E-state index in [-0.39, 0.29) is 6.03 Å². The minimum absolute atomic E-state index is 0.324. The summed E-state index contributed by atoms with van der Waals surface area (Å²) in [6, 6.07) is 16.5. The lowest BCUT2D eigenvalue weighted by Crippen LogP contribution is -2.32. The molecule has 0 unspecified atom stereocenters. The van der Waals surface area contributed by atoms with Crippen molar-refractivity contribution in [1.82, 2.24) is 0 Å². The number of piperidine rings is 1. The topological polar surface area (TPSA) is 68.2 Å². The van der Waals surface area contributed by atoms with Crippen LogP contribution in [0.1, 0.15) is 25.3 Å². The third-order valence-corrected chi connectivity index (χ3v) is 4.52. The number of hydrogen-bond acceptors (Lipinski definition) is 3. The molecule has 0 bridgehead atoms. The number of carbonyl (C=O) groups excluding carboxylic acids is 1. The Kier molecular flexibility index (Phi) is 5.20. The molecule has 1 aliphatic heterocycles. The second kappa shape index (κ2) is 7.71. The van der Waals surface area contributed by atoms with Crippen molar-refractivity contribution in [2.45, 2.75) is 19.8 Å². The van der Waals surface area contributed by atoms with E-state index in [1.807, 2.05) is 24.3 Å². The number of anilines is 3. The Labute approximate surface area is 148 Å². The van der Waals surface area contributed by atoms with Crippen molar-refractivity contribution in [2.24, 2.45) is 5.92 Å². The van der Waals surface area contributed by atoms with Gasteiger partial charge in [-0.15, -0.1) is 0 Å². The fourth-order valence-electron chi connectivity index (χ4n) is 2.98. The van der Waals surface area contributed by atoms with Crippen molar-refractivity contribution in [3.05, 3.63) is 54.1 Å². The van der Waals surface area contributed by atoms with Gasteiger partial charge in [0.2, 0.25) is 0 Å². The molecule has 3 rings (SSSR count). The third kappa shape index (κ3) is 4.51. The van der Waals surface area contributed by atoms with Crippen molar-refractivity contribution < 1.29 is 4.79 Å². The Morgan fingerprint density at radius 1 is 1.08 bits per heavy atom. The predicted octanol–water partition coefficient (Wildman–Crippen LogP) is 4.44. The first-order chi connectivity index (χ1) is 12.1. The van der Waals surface area contributed by atoms with Crippen LogP contribution in [-0.4, -0.2) is 19.1 Å². The molecule has 5 nitrogen and oxygen atoms in total. The van der Waals surface area contributed by atoms with Gasteiger partial charge in [0.05, 0.1) is 11.6 Å². The smallest absolute Gasteiger partial charge is 0.323 e. The molecule has 0 radical (unpaired) electrons. The molecule has 2 amide bonds. The molecule has 25 heavy (non-hydrogen) atoms. The number of nitrogens with one attached hydrogen (secondary N) is 2. The van der Waals surface area contributed by atoms with Gasteiger partial charge in [-0.25, -0.2) is 4.79 Å². The van der Waals surface area contributed by atoms with Crippen LogP contribution in [0.2, 0.25) is 0 Å². The molecule has 1 heterocycles. The highest BCUT2D eigenvalue weighted by Crippen LogP contribution is 2.24. The fourth-order valence-corrected chi connectivity index (χ4v) is 2.98. The van der Waals surface area contributed by atoms with E-state index in [0.717, 1.165) is 24.7 Å². The van der Waals surface area contributed by atoms with Gasteiger partial charge in [0, 0.05) is 30.2 Å². The van der Waals surface area contributed by atoms with Crippen LogP contribution in [0.15, 0.2) is 48.5 Å². The van der Waals surface area contributed by atoms with Crippen LogP contribution in [0.3, 0.4) is 0 Å². The zero-order valence-electron chi connectivity index (χ0n) is 14.3. The highest BCUT2D eigenvalue weighted by Gasteiger charge is 2.15. The Bertz CT molecular complexity index is 771. The number of benzene rings is 2. The highest BCUT2D eigenvalue weighted by atomic mass is 16.2. The highest BCUT2D eigenvalue weighted by molar-refractivity contribution is 5.99. The summed E-state index contributed by atoms with van der Waals surface area (Å²) in [5, 5.41) is 14.4. The molecule has 1 fully saturated rings. The van der Waals surface area contributed by atoms with Crippen molar-refractivity contribution in [3.63, 3.8) is 0 Å². The van der Waals surface area contributed by atoms with E-state index >= 15 is 0 Å². The van der Waals surface area contributed by atoms with Crippen LogP contribution in [0.25, 0.3) is 0 Å². The zero-order valence-corrected chi connectivity index (χ0v) is 14.3. The summed E-state index contributed by atoms with van der Waals surface area (Å²) in [6.45, 7) is 4.47. The summed E-state index contributed by atoms with van der Waals surface area (Å²) >= 11 is 0. The van der Waals surface area contributed by atoms with E-state index in [0.29, 0.717) is 11.3 Å². The van der Waals surface area contributed by atoms with Gasteiger partial charge >= 0.3 is 6.03 Å². The van der Waals surface area contributed by atoms with Gasteiger partial charge in [0.25, 0.3) is 0 Å². The normalized spacial score (nSPS) is 14.6. The fraction of sp³-hybridized carbons (Fsp3) is 0.300. The molecular weight excluding hydrogens is 312 g/mol. The molecule has 2 N–H and O–H groups in total. The number of carbonyl (C=O) groups is 1. The van der Waals surface area contributed by atoms with E-state index in [2.05, 4.69) is 28.5 Å². The van der Waals surface area contributed by atoms with Gasteiger partial charge in [-0.3, -0.25) is 0 Å². The first kappa shape index (κ1) is 16.8. The maximum atomic E-state index is 12.1. The summed E-state index contributed by atoms with van der Waals surface area (Å²) in [5.41, 5.74) is 3.04. The minimum atomic E-state index is -0.324. The van der Waals surface area contributed by atoms with Crippen molar-refractivity contribution in [3.8, 4) is 6.07 Å². The molecule has 5 heteroatoms. The van der Waals surface area contributed by atoms with Crippen molar-refractivity contribution in [1.29, 1.82) is 5.26 Å². The van der Waals surface area contributed by atoms with Crippen LogP contribution < -0.4 is 15.5 Å². The Balaban J connectivity index is 1.57. The summed E-state index contributed by atoms with van der Waals surface area (Å²) in [6.07, 6.45) is 2.45. The molecule has 2 aromatic rings. The van der Waals surface area contributed by atoms with E-state index in [9.17, 15) is 4.79 Å². The van der Waals surface area contributed by atoms with E-state index in [1.165, 1.54) is 18.5 Å². The summed E-state index contributed by atoms with van der Waals surface area (Å²) in [5.74, 6) is 0.806. The molecule has 0 saturated carbocycles. The number of urea groups is 1. The lowest BCUT2D eigenvalue weighted by molar-refractivity contribution is 0.262. The molecular formula is C20H22N4O. The predicted molar refractivity (Wildman–Crippen MR) is 101 cm³/mol. The maximum absolute atomic E-state index is 12.1. The number of nitrogens with zero attached hydrogens (tertiary/aromatic N) is 2. The molecule has 1 aliphatic rings. The second-order valence-corrected chi connectivity index (χ2v) is 6.49. The van der Waals surface area contributed by atoms with E-state index in [4.69, 9.17) is 5.26 Å². The Morgan fingerprint density at radius 2 is 1.76 bits per heavy atom. The van der Waals surface area contributed by atoms with Gasteiger partial charge in [0.1, 0.15) is 0 Å². The van der Waals surface area contributed by atoms with Gasteiger partial charge in [-0.1, -0.05) is 13.0 Å². The second-order valence-electron chi connectivity index (χ2n) is 6.49. The Hall–Kier alpha value is -3.00. The first-order valence-electron chi connectivity index (χ1n) is 8.57. The van der Waals surface area contributed by atoms with Gasteiger partial charge < -0.3 is 15.5 Å².